The molecule has 1 N–H and O–H groups in total. The molecule has 1 aliphatic rings. The molecular weight excluding hydrogens is 370 g/mol. The zero-order valence-corrected chi connectivity index (χ0v) is 14.7. The highest BCUT2D eigenvalue weighted by Crippen LogP contribution is 2.36. The molecule has 0 heterocycles. The SMILES string of the molecule is CCCC1CC1NCc1cc(Br)cc(Br)c1OCC. The largest absolute Gasteiger partial charge is 0.492 e. The molecule has 1 aromatic rings. The van der Waals surface area contributed by atoms with Gasteiger partial charge in [0.25, 0.3) is 0 Å². The molecule has 0 saturated heterocycles. The molecule has 1 aliphatic carbocycles. The number of hydrogen-bond acceptors (Lipinski definition) is 2. The lowest BCUT2D eigenvalue weighted by Crippen LogP contribution is -2.18. The maximum atomic E-state index is 5.74. The molecule has 2 rings (SSSR count). The lowest BCUT2D eigenvalue weighted by molar-refractivity contribution is 0.333. The topological polar surface area (TPSA) is 21.3 Å². The quantitative estimate of drug-likeness (QED) is 0.715. The van der Waals surface area contributed by atoms with E-state index in [1.165, 1.54) is 24.8 Å². The normalized spacial score (nSPS) is 21.5. The first-order valence-electron chi connectivity index (χ1n) is 6.99. The van der Waals surface area contributed by atoms with Crippen LogP contribution in [0.15, 0.2) is 21.1 Å². The summed E-state index contributed by atoms with van der Waals surface area (Å²) in [6.45, 7) is 5.84. The predicted octanol–water partition coefficient (Wildman–Crippen LogP) is 4.89. The van der Waals surface area contributed by atoms with E-state index in [-0.39, 0.29) is 0 Å². The highest BCUT2D eigenvalue weighted by molar-refractivity contribution is 9.11. The number of hydrogen-bond donors (Lipinski definition) is 1. The maximum Gasteiger partial charge on any atom is 0.138 e. The molecule has 0 aliphatic heterocycles. The van der Waals surface area contributed by atoms with Gasteiger partial charge in [-0.2, -0.15) is 0 Å². The molecule has 0 amide bonds. The molecule has 0 spiro atoms. The lowest BCUT2D eigenvalue weighted by Gasteiger charge is -2.13. The van der Waals surface area contributed by atoms with E-state index in [1.54, 1.807) is 0 Å². The molecule has 2 atom stereocenters. The Bertz CT molecular complexity index is 436. The Kier molecular flexibility index (Phi) is 5.72. The first-order valence-corrected chi connectivity index (χ1v) is 8.58. The fourth-order valence-electron chi connectivity index (χ4n) is 2.48. The van der Waals surface area contributed by atoms with Gasteiger partial charge in [0.15, 0.2) is 0 Å². The van der Waals surface area contributed by atoms with Gasteiger partial charge in [0, 0.05) is 22.6 Å². The number of halogens is 2. The van der Waals surface area contributed by atoms with Gasteiger partial charge in [-0.05, 0) is 53.7 Å². The summed E-state index contributed by atoms with van der Waals surface area (Å²) < 4.78 is 7.84. The third-order valence-corrected chi connectivity index (χ3v) is 4.56. The van der Waals surface area contributed by atoms with Crippen molar-refractivity contribution in [1.82, 2.24) is 5.32 Å². The van der Waals surface area contributed by atoms with Crippen LogP contribution in [-0.2, 0) is 6.54 Å². The fraction of sp³-hybridized carbons (Fsp3) is 0.600. The Morgan fingerprint density at radius 1 is 1.32 bits per heavy atom. The highest BCUT2D eigenvalue weighted by atomic mass is 79.9. The molecule has 1 fully saturated rings. The summed E-state index contributed by atoms with van der Waals surface area (Å²) >= 11 is 7.12. The van der Waals surface area contributed by atoms with Crippen molar-refractivity contribution < 1.29 is 4.74 Å². The van der Waals surface area contributed by atoms with Crippen molar-refractivity contribution in [1.29, 1.82) is 0 Å². The number of nitrogens with one attached hydrogen (secondary N) is 1. The van der Waals surface area contributed by atoms with E-state index >= 15 is 0 Å². The summed E-state index contributed by atoms with van der Waals surface area (Å²) in [4.78, 5) is 0. The summed E-state index contributed by atoms with van der Waals surface area (Å²) in [6.07, 6.45) is 3.96. The number of ether oxygens (including phenoxy) is 1. The molecule has 106 valence electrons. The monoisotopic (exact) mass is 389 g/mol. The number of benzene rings is 1. The van der Waals surface area contributed by atoms with Crippen LogP contribution in [-0.4, -0.2) is 12.6 Å². The van der Waals surface area contributed by atoms with Gasteiger partial charge in [0.1, 0.15) is 5.75 Å². The van der Waals surface area contributed by atoms with Crippen LogP contribution >= 0.6 is 31.9 Å². The second-order valence-corrected chi connectivity index (χ2v) is 6.85. The summed E-state index contributed by atoms with van der Waals surface area (Å²) in [7, 11) is 0. The molecule has 1 saturated carbocycles. The molecule has 2 unspecified atom stereocenters. The van der Waals surface area contributed by atoms with Crippen molar-refractivity contribution in [3.8, 4) is 5.75 Å². The Labute approximate surface area is 132 Å². The van der Waals surface area contributed by atoms with E-state index in [4.69, 9.17) is 4.74 Å². The van der Waals surface area contributed by atoms with Gasteiger partial charge in [0.05, 0.1) is 11.1 Å². The zero-order chi connectivity index (χ0) is 13.8. The van der Waals surface area contributed by atoms with Gasteiger partial charge >= 0.3 is 0 Å². The van der Waals surface area contributed by atoms with Crippen molar-refractivity contribution in [3.05, 3.63) is 26.6 Å². The summed E-state index contributed by atoms with van der Waals surface area (Å²) in [5.41, 5.74) is 1.21. The van der Waals surface area contributed by atoms with Gasteiger partial charge in [-0.25, -0.2) is 0 Å². The van der Waals surface area contributed by atoms with Crippen LogP contribution in [0.4, 0.5) is 0 Å². The minimum absolute atomic E-state index is 0.690. The van der Waals surface area contributed by atoms with E-state index in [1.807, 2.05) is 13.0 Å². The molecule has 2 nitrogen and oxygen atoms in total. The molecule has 4 heteroatoms. The second kappa shape index (κ2) is 7.09. The molecule has 19 heavy (non-hydrogen) atoms. The summed E-state index contributed by atoms with van der Waals surface area (Å²) in [5, 5.41) is 3.64. The van der Waals surface area contributed by atoms with Gasteiger partial charge in [0.2, 0.25) is 0 Å². The van der Waals surface area contributed by atoms with Crippen LogP contribution in [0.2, 0.25) is 0 Å². The smallest absolute Gasteiger partial charge is 0.138 e. The minimum atomic E-state index is 0.690. The van der Waals surface area contributed by atoms with Crippen LogP contribution in [0, 0.1) is 5.92 Å². The Morgan fingerprint density at radius 3 is 2.79 bits per heavy atom. The Hall–Kier alpha value is -0.0600. The zero-order valence-electron chi connectivity index (χ0n) is 11.5. The Morgan fingerprint density at radius 2 is 2.11 bits per heavy atom. The maximum absolute atomic E-state index is 5.74. The third-order valence-electron chi connectivity index (χ3n) is 3.51. The van der Waals surface area contributed by atoms with Crippen LogP contribution < -0.4 is 10.1 Å². The van der Waals surface area contributed by atoms with Gasteiger partial charge in [-0.1, -0.05) is 29.3 Å². The second-order valence-electron chi connectivity index (χ2n) is 5.08. The molecule has 1 aromatic carbocycles. The first-order chi connectivity index (χ1) is 9.15. The van der Waals surface area contributed by atoms with Crippen molar-refractivity contribution >= 4 is 31.9 Å². The number of rotatable bonds is 7. The standard InChI is InChI=1S/C15H21Br2NO/c1-3-5-10-7-14(10)18-9-11-6-12(16)8-13(17)15(11)19-4-2/h6,8,10,14,18H,3-5,7,9H2,1-2H3. The van der Waals surface area contributed by atoms with Crippen LogP contribution in [0.3, 0.4) is 0 Å². The van der Waals surface area contributed by atoms with Gasteiger partial charge in [-0.15, -0.1) is 0 Å². The van der Waals surface area contributed by atoms with Crippen LogP contribution in [0.1, 0.15) is 38.7 Å². The average Bonchev–Trinajstić information content (AvgIpc) is 3.09. The summed E-state index contributed by atoms with van der Waals surface area (Å²) in [6, 6.07) is 4.87. The molecule has 0 aromatic heterocycles. The molecule has 0 radical (unpaired) electrons. The van der Waals surface area contributed by atoms with E-state index in [2.05, 4.69) is 50.2 Å². The molecule has 0 bridgehead atoms. The third kappa shape index (κ3) is 4.20. The van der Waals surface area contributed by atoms with Crippen molar-refractivity contribution in [2.75, 3.05) is 6.61 Å². The predicted molar refractivity (Wildman–Crippen MR) is 86.7 cm³/mol. The van der Waals surface area contributed by atoms with Crippen molar-refractivity contribution in [2.45, 2.75) is 45.7 Å². The van der Waals surface area contributed by atoms with Crippen molar-refractivity contribution in [3.63, 3.8) is 0 Å². The Balaban J connectivity index is 1.99. The van der Waals surface area contributed by atoms with Gasteiger partial charge < -0.3 is 10.1 Å². The average molecular weight is 391 g/mol. The minimum Gasteiger partial charge on any atom is -0.492 e. The van der Waals surface area contributed by atoms with Gasteiger partial charge in [-0.3, -0.25) is 0 Å². The highest BCUT2D eigenvalue weighted by Gasteiger charge is 2.35. The van der Waals surface area contributed by atoms with E-state index in [9.17, 15) is 0 Å². The van der Waals surface area contributed by atoms with Crippen LogP contribution in [0.25, 0.3) is 0 Å². The summed E-state index contributed by atoms with van der Waals surface area (Å²) in [5.74, 6) is 1.85. The van der Waals surface area contributed by atoms with Crippen molar-refractivity contribution in [2.24, 2.45) is 5.92 Å². The van der Waals surface area contributed by atoms with Crippen LogP contribution in [0.5, 0.6) is 5.75 Å². The molecular formula is C15H21Br2NO. The van der Waals surface area contributed by atoms with E-state index in [0.717, 1.165) is 27.2 Å². The van der Waals surface area contributed by atoms with E-state index < -0.39 is 0 Å². The van der Waals surface area contributed by atoms with E-state index in [0.29, 0.717) is 12.6 Å². The lowest BCUT2D eigenvalue weighted by atomic mass is 10.2. The fourth-order valence-corrected chi connectivity index (χ4v) is 3.91. The first kappa shape index (κ1) is 15.3.